The van der Waals surface area contributed by atoms with Gasteiger partial charge in [0.2, 0.25) is 5.91 Å². The second kappa shape index (κ2) is 4.96. The highest BCUT2D eigenvalue weighted by Crippen LogP contribution is 2.30. The van der Waals surface area contributed by atoms with Crippen LogP contribution >= 0.6 is 15.9 Å². The summed E-state index contributed by atoms with van der Waals surface area (Å²) in [6, 6.07) is 5.83. The summed E-state index contributed by atoms with van der Waals surface area (Å²) in [6.45, 7) is 1.66. The molecule has 1 aliphatic heterocycles. The van der Waals surface area contributed by atoms with Gasteiger partial charge in [0.25, 0.3) is 0 Å². The van der Waals surface area contributed by atoms with Gasteiger partial charge in [-0.3, -0.25) is 4.79 Å². The van der Waals surface area contributed by atoms with Crippen molar-refractivity contribution in [3.8, 4) is 0 Å². The van der Waals surface area contributed by atoms with E-state index < -0.39 is 0 Å². The molecule has 4 N–H and O–H groups in total. The van der Waals surface area contributed by atoms with Crippen molar-refractivity contribution in [1.29, 1.82) is 0 Å². The molecule has 0 bridgehead atoms. The number of rotatable bonds is 2. The van der Waals surface area contributed by atoms with Crippen LogP contribution in [0.5, 0.6) is 0 Å². The van der Waals surface area contributed by atoms with E-state index in [2.05, 4.69) is 20.8 Å². The molecule has 0 spiro atoms. The van der Waals surface area contributed by atoms with E-state index in [1.165, 1.54) is 0 Å². The molecule has 0 atom stereocenters. The van der Waals surface area contributed by atoms with E-state index in [1.807, 2.05) is 18.2 Å². The molecule has 1 aromatic carbocycles. The van der Waals surface area contributed by atoms with Gasteiger partial charge in [0.1, 0.15) is 0 Å². The molecule has 0 aromatic heterocycles. The van der Waals surface area contributed by atoms with Crippen LogP contribution in [0.3, 0.4) is 0 Å². The van der Waals surface area contributed by atoms with E-state index in [0.29, 0.717) is 0 Å². The highest BCUT2D eigenvalue weighted by molar-refractivity contribution is 9.10. The summed E-state index contributed by atoms with van der Waals surface area (Å²) in [6.07, 6.45) is 1.61. The van der Waals surface area contributed by atoms with Crippen LogP contribution in [0.15, 0.2) is 22.7 Å². The molecule has 1 amide bonds. The first kappa shape index (κ1) is 12.2. The normalized spacial score (nSPS) is 17.1. The predicted molar refractivity (Wildman–Crippen MR) is 72.7 cm³/mol. The number of nitrogen functional groups attached to an aromatic ring is 1. The first-order chi connectivity index (χ1) is 8.08. The second-order valence-corrected chi connectivity index (χ2v) is 5.28. The van der Waals surface area contributed by atoms with E-state index >= 15 is 0 Å². The van der Waals surface area contributed by atoms with Crippen LogP contribution in [0.4, 0.5) is 11.4 Å². The molecule has 0 saturated carbocycles. The van der Waals surface area contributed by atoms with Gasteiger partial charge in [-0.05, 0) is 31.0 Å². The number of amides is 1. The van der Waals surface area contributed by atoms with Gasteiger partial charge >= 0.3 is 0 Å². The van der Waals surface area contributed by atoms with Crippen molar-refractivity contribution in [2.45, 2.75) is 12.8 Å². The van der Waals surface area contributed by atoms with Crippen LogP contribution in [0.2, 0.25) is 0 Å². The average molecular weight is 298 g/mol. The van der Waals surface area contributed by atoms with Crippen molar-refractivity contribution >= 4 is 33.2 Å². The standard InChI is InChI=1S/C12H16BrN3O/c13-9-1-2-10(14)11(7-9)16-5-3-8(4-6-16)12(15)17/h1-2,7-8H,3-6,14H2,(H2,15,17). The maximum atomic E-state index is 11.1. The molecule has 0 aliphatic carbocycles. The SMILES string of the molecule is NC(=O)C1CCN(c2cc(Br)ccc2N)CC1. The molecule has 1 saturated heterocycles. The summed E-state index contributed by atoms with van der Waals surface area (Å²) in [7, 11) is 0. The molecule has 2 rings (SSSR count). The number of nitrogens with zero attached hydrogens (tertiary/aromatic N) is 1. The first-order valence-corrected chi connectivity index (χ1v) is 6.46. The summed E-state index contributed by atoms with van der Waals surface area (Å²) in [4.78, 5) is 13.3. The van der Waals surface area contributed by atoms with Gasteiger partial charge in [0.05, 0.1) is 11.4 Å². The van der Waals surface area contributed by atoms with E-state index in [9.17, 15) is 4.79 Å². The fourth-order valence-electron chi connectivity index (χ4n) is 2.20. The molecule has 92 valence electrons. The minimum atomic E-state index is -0.188. The first-order valence-electron chi connectivity index (χ1n) is 5.67. The van der Waals surface area contributed by atoms with Gasteiger partial charge < -0.3 is 16.4 Å². The van der Waals surface area contributed by atoms with Crippen LogP contribution in [0.1, 0.15) is 12.8 Å². The molecule has 0 radical (unpaired) electrons. The lowest BCUT2D eigenvalue weighted by atomic mass is 9.96. The predicted octanol–water partition coefficient (Wildman–Crippen LogP) is 1.73. The fourth-order valence-corrected chi connectivity index (χ4v) is 2.54. The lowest BCUT2D eigenvalue weighted by molar-refractivity contribution is -0.122. The summed E-state index contributed by atoms with van der Waals surface area (Å²) in [5, 5.41) is 0. The van der Waals surface area contributed by atoms with E-state index in [1.54, 1.807) is 0 Å². The number of anilines is 2. The molecule has 4 nitrogen and oxygen atoms in total. The summed E-state index contributed by atoms with van der Waals surface area (Å²) in [5.74, 6) is -0.175. The van der Waals surface area contributed by atoms with Crippen molar-refractivity contribution in [3.05, 3.63) is 22.7 Å². The Balaban J connectivity index is 2.10. The van der Waals surface area contributed by atoms with Gasteiger partial charge in [-0.2, -0.15) is 0 Å². The van der Waals surface area contributed by atoms with Gasteiger partial charge in [-0.1, -0.05) is 15.9 Å². The Morgan fingerprint density at radius 2 is 2.00 bits per heavy atom. The number of halogens is 1. The Morgan fingerprint density at radius 3 is 2.59 bits per heavy atom. The Morgan fingerprint density at radius 1 is 1.35 bits per heavy atom. The minimum absolute atomic E-state index is 0.0135. The molecule has 1 aromatic rings. The fraction of sp³-hybridized carbons (Fsp3) is 0.417. The number of primary amides is 1. The zero-order valence-electron chi connectivity index (χ0n) is 9.53. The lowest BCUT2D eigenvalue weighted by Gasteiger charge is -2.33. The van der Waals surface area contributed by atoms with Crippen molar-refractivity contribution in [3.63, 3.8) is 0 Å². The average Bonchev–Trinajstić information content (AvgIpc) is 2.32. The van der Waals surface area contributed by atoms with Crippen molar-refractivity contribution in [1.82, 2.24) is 0 Å². The second-order valence-electron chi connectivity index (χ2n) is 4.37. The quantitative estimate of drug-likeness (QED) is 0.817. The number of carbonyl (C=O) groups is 1. The Hall–Kier alpha value is -1.23. The van der Waals surface area contributed by atoms with Gasteiger partial charge in [0, 0.05) is 23.5 Å². The smallest absolute Gasteiger partial charge is 0.220 e. The molecule has 1 fully saturated rings. The minimum Gasteiger partial charge on any atom is -0.397 e. The number of hydrogen-bond donors (Lipinski definition) is 2. The zero-order valence-corrected chi connectivity index (χ0v) is 11.1. The van der Waals surface area contributed by atoms with Crippen molar-refractivity contribution < 1.29 is 4.79 Å². The number of nitrogens with two attached hydrogens (primary N) is 2. The van der Waals surface area contributed by atoms with Gasteiger partial charge in [0.15, 0.2) is 0 Å². The Kier molecular flexibility index (Phi) is 3.57. The van der Waals surface area contributed by atoms with E-state index in [-0.39, 0.29) is 11.8 Å². The molecule has 0 unspecified atom stereocenters. The lowest BCUT2D eigenvalue weighted by Crippen LogP contribution is -2.38. The van der Waals surface area contributed by atoms with Gasteiger partial charge in [-0.15, -0.1) is 0 Å². The summed E-state index contributed by atoms with van der Waals surface area (Å²) in [5.41, 5.74) is 13.1. The van der Waals surface area contributed by atoms with Crippen LogP contribution in [-0.2, 0) is 4.79 Å². The third kappa shape index (κ3) is 2.72. The number of piperidine rings is 1. The molecule has 1 heterocycles. The van der Waals surface area contributed by atoms with Crippen molar-refractivity contribution in [2.24, 2.45) is 11.7 Å². The molecule has 5 heteroatoms. The maximum absolute atomic E-state index is 11.1. The number of hydrogen-bond acceptors (Lipinski definition) is 3. The topological polar surface area (TPSA) is 72.4 Å². The van der Waals surface area contributed by atoms with E-state index in [0.717, 1.165) is 41.8 Å². The third-order valence-electron chi connectivity index (χ3n) is 3.23. The van der Waals surface area contributed by atoms with Crippen molar-refractivity contribution in [2.75, 3.05) is 23.7 Å². The monoisotopic (exact) mass is 297 g/mol. The highest BCUT2D eigenvalue weighted by Gasteiger charge is 2.24. The largest absolute Gasteiger partial charge is 0.397 e. The van der Waals surface area contributed by atoms with Crippen LogP contribution in [0.25, 0.3) is 0 Å². The van der Waals surface area contributed by atoms with Crippen LogP contribution < -0.4 is 16.4 Å². The molecular weight excluding hydrogens is 282 g/mol. The number of benzene rings is 1. The van der Waals surface area contributed by atoms with Gasteiger partial charge in [-0.25, -0.2) is 0 Å². The molecular formula is C12H16BrN3O. The highest BCUT2D eigenvalue weighted by atomic mass is 79.9. The van der Waals surface area contributed by atoms with Crippen LogP contribution in [0, 0.1) is 5.92 Å². The Labute approximate surface area is 109 Å². The summed E-state index contributed by atoms with van der Waals surface area (Å²) >= 11 is 3.44. The van der Waals surface area contributed by atoms with Crippen LogP contribution in [-0.4, -0.2) is 19.0 Å². The van der Waals surface area contributed by atoms with E-state index in [4.69, 9.17) is 11.5 Å². The third-order valence-corrected chi connectivity index (χ3v) is 3.72. The number of carbonyl (C=O) groups excluding carboxylic acids is 1. The summed E-state index contributed by atoms with van der Waals surface area (Å²) < 4.78 is 1.01. The molecule has 17 heavy (non-hydrogen) atoms. The molecule has 1 aliphatic rings. The maximum Gasteiger partial charge on any atom is 0.220 e. The zero-order chi connectivity index (χ0) is 12.4. The Bertz CT molecular complexity index is 428.